The standard InChI is InChI=1S/C19H31N3O2.HI/c1-4-20-18(22-15-19(3)12-8-14-24-19)21-13-11-16-9-6-7-10-17(16)23-5-2;/h6-7,9-10H,4-5,8,11-15H2,1-3H3,(H2,20,21,22);1H. The molecule has 1 saturated heterocycles. The Kier molecular flexibility index (Phi) is 10.2. The first-order valence-corrected chi connectivity index (χ1v) is 9.03. The minimum Gasteiger partial charge on any atom is -0.494 e. The smallest absolute Gasteiger partial charge is 0.191 e. The van der Waals surface area contributed by atoms with Gasteiger partial charge in [-0.2, -0.15) is 0 Å². The molecule has 6 heteroatoms. The second-order valence-electron chi connectivity index (χ2n) is 6.31. The lowest BCUT2D eigenvalue weighted by Crippen LogP contribution is -2.40. The van der Waals surface area contributed by atoms with Gasteiger partial charge in [0, 0.05) is 19.7 Å². The van der Waals surface area contributed by atoms with E-state index in [0.717, 1.165) is 50.7 Å². The van der Waals surface area contributed by atoms with Gasteiger partial charge >= 0.3 is 0 Å². The molecule has 1 aromatic rings. The molecule has 0 aromatic heterocycles. The van der Waals surface area contributed by atoms with Crippen LogP contribution in [0, 0.1) is 0 Å². The predicted octanol–water partition coefficient (Wildman–Crippen LogP) is 3.37. The van der Waals surface area contributed by atoms with Crippen molar-refractivity contribution in [2.24, 2.45) is 4.99 Å². The molecular formula is C19H32IN3O2. The number of rotatable bonds is 8. The van der Waals surface area contributed by atoms with Crippen molar-refractivity contribution in [3.05, 3.63) is 29.8 Å². The monoisotopic (exact) mass is 461 g/mol. The van der Waals surface area contributed by atoms with Crippen LogP contribution in [0.15, 0.2) is 29.3 Å². The molecule has 25 heavy (non-hydrogen) atoms. The SMILES string of the molecule is CCNC(=NCC1(C)CCCO1)NCCc1ccccc1OCC.I. The van der Waals surface area contributed by atoms with Crippen LogP contribution in [0.1, 0.15) is 39.2 Å². The molecule has 1 fully saturated rings. The van der Waals surface area contributed by atoms with Gasteiger partial charge in [0.05, 0.1) is 18.8 Å². The maximum absolute atomic E-state index is 5.81. The minimum atomic E-state index is -0.107. The first-order chi connectivity index (χ1) is 11.7. The third kappa shape index (κ3) is 7.40. The van der Waals surface area contributed by atoms with Gasteiger partial charge in [0.25, 0.3) is 0 Å². The van der Waals surface area contributed by atoms with E-state index in [9.17, 15) is 0 Å². The summed E-state index contributed by atoms with van der Waals surface area (Å²) in [5.41, 5.74) is 1.11. The quantitative estimate of drug-likeness (QED) is 0.354. The van der Waals surface area contributed by atoms with Crippen molar-refractivity contribution < 1.29 is 9.47 Å². The van der Waals surface area contributed by atoms with Crippen molar-refractivity contribution in [1.29, 1.82) is 0 Å². The number of nitrogens with one attached hydrogen (secondary N) is 2. The first-order valence-electron chi connectivity index (χ1n) is 9.03. The highest BCUT2D eigenvalue weighted by Gasteiger charge is 2.29. The van der Waals surface area contributed by atoms with E-state index in [2.05, 4.69) is 36.6 Å². The van der Waals surface area contributed by atoms with Crippen LogP contribution in [0.5, 0.6) is 5.75 Å². The average Bonchev–Trinajstić information content (AvgIpc) is 3.01. The van der Waals surface area contributed by atoms with Crippen molar-refractivity contribution in [1.82, 2.24) is 10.6 Å². The van der Waals surface area contributed by atoms with E-state index < -0.39 is 0 Å². The van der Waals surface area contributed by atoms with Crippen LogP contribution in [0.25, 0.3) is 0 Å². The van der Waals surface area contributed by atoms with Crippen LogP contribution >= 0.6 is 24.0 Å². The van der Waals surface area contributed by atoms with Gasteiger partial charge in [0.15, 0.2) is 5.96 Å². The van der Waals surface area contributed by atoms with Crippen LogP contribution in [0.4, 0.5) is 0 Å². The van der Waals surface area contributed by atoms with Crippen molar-refractivity contribution >= 4 is 29.9 Å². The van der Waals surface area contributed by atoms with Crippen molar-refractivity contribution in [3.63, 3.8) is 0 Å². The Bertz CT molecular complexity index is 531. The highest BCUT2D eigenvalue weighted by atomic mass is 127. The zero-order chi connectivity index (χ0) is 17.3. The molecule has 2 rings (SSSR count). The Morgan fingerprint density at radius 1 is 1.28 bits per heavy atom. The lowest BCUT2D eigenvalue weighted by molar-refractivity contribution is 0.0283. The van der Waals surface area contributed by atoms with Gasteiger partial charge in [-0.1, -0.05) is 18.2 Å². The first kappa shape index (κ1) is 22.0. The third-order valence-corrected chi connectivity index (χ3v) is 4.18. The number of guanidine groups is 1. The molecule has 0 amide bonds. The topological polar surface area (TPSA) is 54.9 Å². The fraction of sp³-hybridized carbons (Fsp3) is 0.632. The lowest BCUT2D eigenvalue weighted by atomic mass is 10.0. The van der Waals surface area contributed by atoms with Crippen molar-refractivity contribution in [2.75, 3.05) is 32.8 Å². The van der Waals surface area contributed by atoms with E-state index in [1.807, 2.05) is 19.1 Å². The van der Waals surface area contributed by atoms with E-state index in [-0.39, 0.29) is 29.6 Å². The summed E-state index contributed by atoms with van der Waals surface area (Å²) in [5.74, 6) is 1.82. The summed E-state index contributed by atoms with van der Waals surface area (Å²) >= 11 is 0. The molecule has 2 N–H and O–H groups in total. The number of hydrogen-bond acceptors (Lipinski definition) is 3. The highest BCUT2D eigenvalue weighted by Crippen LogP contribution is 2.25. The number of nitrogens with zero attached hydrogens (tertiary/aromatic N) is 1. The molecule has 1 aliphatic rings. The zero-order valence-electron chi connectivity index (χ0n) is 15.6. The summed E-state index contributed by atoms with van der Waals surface area (Å²) in [4.78, 5) is 4.70. The molecule has 1 atom stereocenters. The molecule has 1 aromatic carbocycles. The molecule has 0 bridgehead atoms. The number of aliphatic imine (C=N–C) groups is 1. The Hall–Kier alpha value is -1.02. The van der Waals surface area contributed by atoms with Gasteiger partial charge in [-0.05, 0) is 51.7 Å². The maximum atomic E-state index is 5.81. The van der Waals surface area contributed by atoms with Crippen LogP contribution in [0.3, 0.4) is 0 Å². The molecule has 0 radical (unpaired) electrons. The van der Waals surface area contributed by atoms with E-state index in [0.29, 0.717) is 13.2 Å². The number of para-hydroxylation sites is 1. The second-order valence-corrected chi connectivity index (χ2v) is 6.31. The molecule has 0 spiro atoms. The van der Waals surface area contributed by atoms with Gasteiger partial charge in [-0.15, -0.1) is 24.0 Å². The van der Waals surface area contributed by atoms with Gasteiger partial charge < -0.3 is 20.1 Å². The molecule has 142 valence electrons. The average molecular weight is 461 g/mol. The second kappa shape index (κ2) is 11.6. The Labute approximate surface area is 169 Å². The maximum Gasteiger partial charge on any atom is 0.191 e. The summed E-state index contributed by atoms with van der Waals surface area (Å²) in [5, 5.41) is 6.71. The van der Waals surface area contributed by atoms with E-state index >= 15 is 0 Å². The van der Waals surface area contributed by atoms with Crippen LogP contribution in [-0.2, 0) is 11.2 Å². The molecule has 5 nitrogen and oxygen atoms in total. The predicted molar refractivity (Wildman–Crippen MR) is 114 cm³/mol. The number of hydrogen-bond donors (Lipinski definition) is 2. The lowest BCUT2D eigenvalue weighted by Gasteiger charge is -2.21. The molecule has 1 heterocycles. The van der Waals surface area contributed by atoms with E-state index in [1.54, 1.807) is 0 Å². The van der Waals surface area contributed by atoms with Gasteiger partial charge in [-0.25, -0.2) is 0 Å². The molecule has 1 unspecified atom stereocenters. The summed E-state index contributed by atoms with van der Waals surface area (Å²) in [6.07, 6.45) is 3.11. The van der Waals surface area contributed by atoms with Crippen LogP contribution in [-0.4, -0.2) is 44.4 Å². The number of ether oxygens (including phenoxy) is 2. The van der Waals surface area contributed by atoms with Gasteiger partial charge in [-0.3, -0.25) is 4.99 Å². The fourth-order valence-corrected chi connectivity index (χ4v) is 2.87. The Morgan fingerprint density at radius 2 is 2.08 bits per heavy atom. The summed E-state index contributed by atoms with van der Waals surface area (Å²) in [7, 11) is 0. The van der Waals surface area contributed by atoms with Crippen molar-refractivity contribution in [3.8, 4) is 5.75 Å². The van der Waals surface area contributed by atoms with E-state index in [4.69, 9.17) is 14.5 Å². The number of halogens is 1. The summed E-state index contributed by atoms with van der Waals surface area (Å²) < 4.78 is 11.5. The molecule has 0 aliphatic carbocycles. The fourth-order valence-electron chi connectivity index (χ4n) is 2.87. The molecule has 1 aliphatic heterocycles. The highest BCUT2D eigenvalue weighted by molar-refractivity contribution is 14.0. The summed E-state index contributed by atoms with van der Waals surface area (Å²) in [6, 6.07) is 8.20. The van der Waals surface area contributed by atoms with Crippen molar-refractivity contribution in [2.45, 2.75) is 45.6 Å². The Balaban J connectivity index is 0.00000312. The molecule has 0 saturated carbocycles. The normalized spacial score (nSPS) is 20.0. The largest absolute Gasteiger partial charge is 0.494 e. The van der Waals surface area contributed by atoms with Crippen LogP contribution < -0.4 is 15.4 Å². The van der Waals surface area contributed by atoms with E-state index in [1.165, 1.54) is 5.56 Å². The Morgan fingerprint density at radius 3 is 2.76 bits per heavy atom. The van der Waals surface area contributed by atoms with Gasteiger partial charge in [0.1, 0.15) is 5.75 Å². The minimum absolute atomic E-state index is 0. The number of benzene rings is 1. The third-order valence-electron chi connectivity index (χ3n) is 4.18. The van der Waals surface area contributed by atoms with Crippen LogP contribution in [0.2, 0.25) is 0 Å². The summed E-state index contributed by atoms with van der Waals surface area (Å²) in [6.45, 7) is 10.1. The van der Waals surface area contributed by atoms with Gasteiger partial charge in [0.2, 0.25) is 0 Å². The molecular weight excluding hydrogens is 429 g/mol. The zero-order valence-corrected chi connectivity index (χ0v) is 18.0.